The van der Waals surface area contributed by atoms with Crippen molar-refractivity contribution in [3.05, 3.63) is 41.3 Å². The molecule has 0 saturated carbocycles. The Kier molecular flexibility index (Phi) is 4.29. The lowest BCUT2D eigenvalue weighted by atomic mass is 10.1. The van der Waals surface area contributed by atoms with Gasteiger partial charge in [0, 0.05) is 23.7 Å². The van der Waals surface area contributed by atoms with Crippen molar-refractivity contribution in [1.29, 1.82) is 0 Å². The van der Waals surface area contributed by atoms with Crippen molar-refractivity contribution >= 4 is 17.5 Å². The highest BCUT2D eigenvalue weighted by Gasteiger charge is 2.37. The molecule has 2 atom stereocenters. The third-order valence-corrected chi connectivity index (χ3v) is 5.15. The Bertz CT molecular complexity index is 739. The molecule has 3 heterocycles. The maximum atomic E-state index is 12.7. The minimum atomic E-state index is -0.274. The van der Waals surface area contributed by atoms with Crippen LogP contribution in [0.15, 0.2) is 30.5 Å². The molecule has 126 valence electrons. The van der Waals surface area contributed by atoms with E-state index >= 15 is 0 Å². The average molecular weight is 346 g/mol. The number of nitrogens with zero attached hydrogens (tertiary/aromatic N) is 2. The highest BCUT2D eigenvalue weighted by Crippen LogP contribution is 2.34. The van der Waals surface area contributed by atoms with E-state index in [9.17, 15) is 4.79 Å². The van der Waals surface area contributed by atoms with Crippen LogP contribution in [0.5, 0.6) is 0 Å². The minimum absolute atomic E-state index is 0.00191. The van der Waals surface area contributed by atoms with E-state index in [2.05, 4.69) is 9.97 Å². The smallest absolute Gasteiger partial charge is 0.252 e. The lowest BCUT2D eigenvalue weighted by molar-refractivity contribution is -0.142. The second-order valence-electron chi connectivity index (χ2n) is 6.35. The van der Waals surface area contributed by atoms with Crippen LogP contribution in [0.3, 0.4) is 0 Å². The van der Waals surface area contributed by atoms with E-state index < -0.39 is 0 Å². The first-order valence-corrected chi connectivity index (χ1v) is 8.84. The third-order valence-electron chi connectivity index (χ3n) is 4.82. The van der Waals surface area contributed by atoms with Crippen LogP contribution in [0.4, 0.5) is 0 Å². The number of carbonyl (C=O) groups is 1. The molecule has 2 aliphatic rings. The Balaban J connectivity index is 1.57. The van der Waals surface area contributed by atoms with Crippen molar-refractivity contribution in [2.24, 2.45) is 0 Å². The van der Waals surface area contributed by atoms with Gasteiger partial charge >= 0.3 is 0 Å². The molecule has 1 N–H and O–H groups in total. The number of hydrogen-bond donors (Lipinski definition) is 1. The molecule has 4 rings (SSSR count). The highest BCUT2D eigenvalue weighted by molar-refractivity contribution is 6.33. The Hall–Kier alpha value is -1.85. The second kappa shape index (κ2) is 6.57. The molecule has 2 saturated heterocycles. The average Bonchev–Trinajstić information content (AvgIpc) is 3.34. The number of imidazole rings is 1. The molecule has 1 aromatic carbocycles. The van der Waals surface area contributed by atoms with Crippen LogP contribution in [0, 0.1) is 0 Å². The molecular weight excluding hydrogens is 326 g/mol. The summed E-state index contributed by atoms with van der Waals surface area (Å²) in [6, 6.07) is 7.68. The van der Waals surface area contributed by atoms with Crippen molar-refractivity contribution in [3.63, 3.8) is 0 Å². The summed E-state index contributed by atoms with van der Waals surface area (Å²) in [5.41, 5.74) is 1.81. The molecule has 5 nitrogen and oxygen atoms in total. The zero-order valence-electron chi connectivity index (χ0n) is 13.4. The molecule has 0 aliphatic carbocycles. The van der Waals surface area contributed by atoms with E-state index in [0.717, 1.165) is 49.3 Å². The number of hydrogen-bond acceptors (Lipinski definition) is 3. The third kappa shape index (κ3) is 2.82. The fourth-order valence-electron chi connectivity index (χ4n) is 3.59. The molecule has 0 radical (unpaired) electrons. The van der Waals surface area contributed by atoms with E-state index in [1.165, 1.54) is 0 Å². The summed E-state index contributed by atoms with van der Waals surface area (Å²) in [5, 5.41) is 0.686. The second-order valence-corrected chi connectivity index (χ2v) is 6.76. The number of carbonyl (C=O) groups excluding carboxylic acids is 1. The molecular formula is C18H20ClN3O2. The number of aromatic nitrogens is 2. The molecule has 6 heteroatoms. The maximum absolute atomic E-state index is 12.7. The van der Waals surface area contributed by atoms with Gasteiger partial charge in [-0.15, -0.1) is 0 Å². The molecule has 0 bridgehead atoms. The van der Waals surface area contributed by atoms with Crippen LogP contribution in [-0.4, -0.2) is 40.0 Å². The fourth-order valence-corrected chi connectivity index (χ4v) is 3.83. The SMILES string of the molecule is O=C(C1CCCO1)N1CCCC1c1ncc(-c2ccccc2Cl)[nH]1. The molecule has 24 heavy (non-hydrogen) atoms. The van der Waals surface area contributed by atoms with Gasteiger partial charge in [-0.05, 0) is 31.7 Å². The predicted molar refractivity (Wildman–Crippen MR) is 91.7 cm³/mol. The van der Waals surface area contributed by atoms with Crippen LogP contribution in [0.25, 0.3) is 11.3 Å². The standard InChI is InChI=1S/C18H20ClN3O2/c19-13-6-2-1-5-12(13)14-11-20-17(21-14)15-7-3-9-22(15)18(23)16-8-4-10-24-16/h1-2,5-6,11,15-16H,3-4,7-10H2,(H,20,21). The first-order valence-electron chi connectivity index (χ1n) is 8.46. The number of benzene rings is 1. The molecule has 0 spiro atoms. The molecule has 2 aromatic rings. The van der Waals surface area contributed by atoms with Gasteiger partial charge in [0.1, 0.15) is 11.9 Å². The largest absolute Gasteiger partial charge is 0.368 e. The number of aromatic amines is 1. The van der Waals surface area contributed by atoms with Gasteiger partial charge in [-0.25, -0.2) is 4.98 Å². The predicted octanol–water partition coefficient (Wildman–Crippen LogP) is 3.57. The van der Waals surface area contributed by atoms with Gasteiger partial charge in [0.2, 0.25) is 0 Å². The number of H-pyrrole nitrogens is 1. The minimum Gasteiger partial charge on any atom is -0.368 e. The van der Waals surface area contributed by atoms with Crippen molar-refractivity contribution < 1.29 is 9.53 Å². The Morgan fingerprint density at radius 2 is 2.17 bits per heavy atom. The number of amides is 1. The van der Waals surface area contributed by atoms with Crippen LogP contribution >= 0.6 is 11.6 Å². The lowest BCUT2D eigenvalue weighted by Crippen LogP contribution is -2.38. The summed E-state index contributed by atoms with van der Waals surface area (Å²) >= 11 is 6.26. The molecule has 2 unspecified atom stereocenters. The number of rotatable bonds is 3. The van der Waals surface area contributed by atoms with Gasteiger partial charge < -0.3 is 14.6 Å². The van der Waals surface area contributed by atoms with Crippen LogP contribution < -0.4 is 0 Å². The summed E-state index contributed by atoms with van der Waals surface area (Å²) in [4.78, 5) is 22.5. The number of halogens is 1. The van der Waals surface area contributed by atoms with Crippen molar-refractivity contribution in [2.75, 3.05) is 13.2 Å². The van der Waals surface area contributed by atoms with E-state index in [1.807, 2.05) is 29.2 Å². The Morgan fingerprint density at radius 3 is 2.96 bits per heavy atom. The van der Waals surface area contributed by atoms with Gasteiger partial charge in [-0.1, -0.05) is 29.8 Å². The van der Waals surface area contributed by atoms with E-state index in [-0.39, 0.29) is 18.1 Å². The Labute approximate surface area is 146 Å². The first-order chi connectivity index (χ1) is 11.7. The lowest BCUT2D eigenvalue weighted by Gasteiger charge is -2.25. The molecule has 1 aromatic heterocycles. The van der Waals surface area contributed by atoms with E-state index in [4.69, 9.17) is 16.3 Å². The molecule has 1 amide bonds. The normalized spacial score (nSPS) is 23.8. The van der Waals surface area contributed by atoms with Gasteiger partial charge in [0.05, 0.1) is 17.9 Å². The van der Waals surface area contributed by atoms with Crippen LogP contribution in [0.1, 0.15) is 37.5 Å². The van der Waals surface area contributed by atoms with Gasteiger partial charge in [-0.3, -0.25) is 4.79 Å². The zero-order valence-corrected chi connectivity index (χ0v) is 14.1. The maximum Gasteiger partial charge on any atom is 0.252 e. The topological polar surface area (TPSA) is 58.2 Å². The van der Waals surface area contributed by atoms with Gasteiger partial charge in [0.15, 0.2) is 0 Å². The summed E-state index contributed by atoms with van der Waals surface area (Å²) in [6.07, 6.45) is 5.23. The van der Waals surface area contributed by atoms with Crippen molar-refractivity contribution in [1.82, 2.24) is 14.9 Å². The zero-order chi connectivity index (χ0) is 16.5. The summed E-state index contributed by atoms with van der Waals surface area (Å²) in [7, 11) is 0. The number of ether oxygens (including phenoxy) is 1. The van der Waals surface area contributed by atoms with E-state index in [0.29, 0.717) is 11.6 Å². The Morgan fingerprint density at radius 1 is 1.29 bits per heavy atom. The van der Waals surface area contributed by atoms with E-state index in [1.54, 1.807) is 6.20 Å². The molecule has 2 aliphatic heterocycles. The first kappa shape index (κ1) is 15.7. The van der Waals surface area contributed by atoms with Gasteiger partial charge in [-0.2, -0.15) is 0 Å². The summed E-state index contributed by atoms with van der Waals surface area (Å²) < 4.78 is 5.56. The van der Waals surface area contributed by atoms with Crippen molar-refractivity contribution in [3.8, 4) is 11.3 Å². The fraction of sp³-hybridized carbons (Fsp3) is 0.444. The van der Waals surface area contributed by atoms with Crippen LogP contribution in [0.2, 0.25) is 5.02 Å². The van der Waals surface area contributed by atoms with Gasteiger partial charge in [0.25, 0.3) is 5.91 Å². The highest BCUT2D eigenvalue weighted by atomic mass is 35.5. The quantitative estimate of drug-likeness (QED) is 0.925. The summed E-state index contributed by atoms with van der Waals surface area (Å²) in [5.74, 6) is 0.930. The number of nitrogens with one attached hydrogen (secondary N) is 1. The summed E-state index contributed by atoms with van der Waals surface area (Å²) in [6.45, 7) is 1.46. The monoisotopic (exact) mass is 345 g/mol. The molecule has 2 fully saturated rings. The number of likely N-dealkylation sites (tertiary alicyclic amines) is 1. The van der Waals surface area contributed by atoms with Crippen LogP contribution in [-0.2, 0) is 9.53 Å². The van der Waals surface area contributed by atoms with Crippen molar-refractivity contribution in [2.45, 2.75) is 37.8 Å².